The third-order valence-electron chi connectivity index (χ3n) is 1.90. The Labute approximate surface area is 100 Å². The predicted molar refractivity (Wildman–Crippen MR) is 55.1 cm³/mol. The van der Waals surface area contributed by atoms with Gasteiger partial charge in [-0.1, -0.05) is 11.6 Å². The van der Waals surface area contributed by atoms with Crippen molar-refractivity contribution in [1.29, 1.82) is 0 Å². The van der Waals surface area contributed by atoms with E-state index in [-0.39, 0.29) is 22.2 Å². The van der Waals surface area contributed by atoms with E-state index in [1.807, 2.05) is 0 Å². The van der Waals surface area contributed by atoms with Gasteiger partial charge in [-0.15, -0.1) is 11.6 Å². The van der Waals surface area contributed by atoms with Crippen LogP contribution in [-0.2, 0) is 17.1 Å². The van der Waals surface area contributed by atoms with Crippen molar-refractivity contribution < 1.29 is 18.7 Å². The quantitative estimate of drug-likeness (QED) is 0.675. The number of nitrogens with zero attached hydrogens (tertiary/aromatic N) is 1. The summed E-state index contributed by atoms with van der Waals surface area (Å²) in [4.78, 5) is 14.0. The Morgan fingerprint density at radius 3 is 2.62 bits per heavy atom. The molecule has 1 aromatic heterocycles. The number of carbonyl (C=O) groups is 1. The monoisotopic (exact) mass is 269 g/mol. The molecular formula is C9H7Cl2F2NO2. The van der Waals surface area contributed by atoms with E-state index in [0.29, 0.717) is 0 Å². The first-order chi connectivity index (χ1) is 7.45. The number of aromatic nitrogens is 1. The van der Waals surface area contributed by atoms with E-state index < -0.39 is 24.5 Å². The van der Waals surface area contributed by atoms with Crippen molar-refractivity contribution in [1.82, 2.24) is 4.98 Å². The van der Waals surface area contributed by atoms with Crippen LogP contribution in [0.3, 0.4) is 0 Å². The topological polar surface area (TPSA) is 50.2 Å². The zero-order chi connectivity index (χ0) is 12.3. The first kappa shape index (κ1) is 13.1. The number of carboxylic acid groups (broad SMARTS) is 1. The molecule has 1 N–H and O–H groups in total. The molecule has 0 radical (unpaired) electrons. The van der Waals surface area contributed by atoms with Crippen LogP contribution in [0.4, 0.5) is 8.78 Å². The normalized spacial score (nSPS) is 10.8. The van der Waals surface area contributed by atoms with Gasteiger partial charge in [0.2, 0.25) is 0 Å². The van der Waals surface area contributed by atoms with Gasteiger partial charge in [-0.05, 0) is 17.2 Å². The Kier molecular flexibility index (Phi) is 4.44. The molecular weight excluding hydrogens is 263 g/mol. The third kappa shape index (κ3) is 3.02. The molecule has 16 heavy (non-hydrogen) atoms. The van der Waals surface area contributed by atoms with Gasteiger partial charge >= 0.3 is 5.97 Å². The van der Waals surface area contributed by atoms with Crippen LogP contribution in [0, 0.1) is 0 Å². The lowest BCUT2D eigenvalue weighted by Gasteiger charge is -2.11. The molecule has 0 aliphatic heterocycles. The molecule has 0 bridgehead atoms. The van der Waals surface area contributed by atoms with Crippen LogP contribution in [0.1, 0.15) is 23.2 Å². The zero-order valence-electron chi connectivity index (χ0n) is 7.88. The van der Waals surface area contributed by atoms with E-state index in [2.05, 4.69) is 4.98 Å². The highest BCUT2D eigenvalue weighted by molar-refractivity contribution is 6.29. The van der Waals surface area contributed by atoms with E-state index in [0.717, 1.165) is 0 Å². The Bertz CT molecular complexity index is 413. The number of carboxylic acids is 1. The molecule has 0 unspecified atom stereocenters. The van der Waals surface area contributed by atoms with Gasteiger partial charge in [0, 0.05) is 5.88 Å². The third-order valence-corrected chi connectivity index (χ3v) is 2.38. The second kappa shape index (κ2) is 5.41. The van der Waals surface area contributed by atoms with Gasteiger partial charge in [-0.2, -0.15) is 0 Å². The molecule has 88 valence electrons. The maximum absolute atomic E-state index is 12.6. The molecule has 3 nitrogen and oxygen atoms in total. The van der Waals surface area contributed by atoms with Crippen LogP contribution in [0.5, 0.6) is 0 Å². The van der Waals surface area contributed by atoms with Crippen molar-refractivity contribution in [3.05, 3.63) is 28.0 Å². The summed E-state index contributed by atoms with van der Waals surface area (Å²) >= 11 is 11.1. The van der Waals surface area contributed by atoms with Crippen LogP contribution in [0.2, 0.25) is 5.15 Å². The molecule has 1 rings (SSSR count). The Morgan fingerprint density at radius 1 is 1.56 bits per heavy atom. The number of hydrogen-bond acceptors (Lipinski definition) is 2. The van der Waals surface area contributed by atoms with E-state index >= 15 is 0 Å². The van der Waals surface area contributed by atoms with Gasteiger partial charge in [0.05, 0.1) is 6.42 Å². The van der Waals surface area contributed by atoms with Gasteiger partial charge in [0.25, 0.3) is 6.43 Å². The second-order valence-electron chi connectivity index (χ2n) is 2.97. The summed E-state index contributed by atoms with van der Waals surface area (Å²) < 4.78 is 25.2. The number of alkyl halides is 3. The summed E-state index contributed by atoms with van der Waals surface area (Å²) in [7, 11) is 0. The number of halogens is 4. The molecule has 0 amide bonds. The summed E-state index contributed by atoms with van der Waals surface area (Å²) in [5.74, 6) is -1.32. The molecule has 0 spiro atoms. The summed E-state index contributed by atoms with van der Waals surface area (Å²) in [5.41, 5.74) is -0.424. The van der Waals surface area contributed by atoms with Crippen molar-refractivity contribution in [2.45, 2.75) is 18.7 Å². The van der Waals surface area contributed by atoms with Crippen molar-refractivity contribution in [2.75, 3.05) is 0 Å². The number of pyridine rings is 1. The van der Waals surface area contributed by atoms with Crippen LogP contribution < -0.4 is 0 Å². The molecule has 1 aromatic rings. The lowest BCUT2D eigenvalue weighted by Crippen LogP contribution is -2.09. The molecule has 0 saturated carbocycles. The fourth-order valence-electron chi connectivity index (χ4n) is 1.27. The van der Waals surface area contributed by atoms with Crippen LogP contribution in [0.25, 0.3) is 0 Å². The Morgan fingerprint density at radius 2 is 2.19 bits per heavy atom. The van der Waals surface area contributed by atoms with Crippen LogP contribution in [0.15, 0.2) is 6.07 Å². The minimum atomic E-state index is -2.88. The van der Waals surface area contributed by atoms with Crippen molar-refractivity contribution in [3.8, 4) is 0 Å². The molecule has 0 fully saturated rings. The summed E-state index contributed by atoms with van der Waals surface area (Å²) in [6.07, 6.45) is -3.43. The van der Waals surface area contributed by atoms with Crippen LogP contribution in [-0.4, -0.2) is 16.1 Å². The molecule has 0 aromatic carbocycles. The van der Waals surface area contributed by atoms with Gasteiger partial charge in [0.1, 0.15) is 10.8 Å². The smallest absolute Gasteiger partial charge is 0.307 e. The molecule has 0 aliphatic rings. The van der Waals surface area contributed by atoms with E-state index in [1.165, 1.54) is 6.07 Å². The highest BCUT2D eigenvalue weighted by Gasteiger charge is 2.20. The van der Waals surface area contributed by atoms with Crippen molar-refractivity contribution in [2.24, 2.45) is 0 Å². The summed E-state index contributed by atoms with van der Waals surface area (Å²) in [5, 5.41) is 8.49. The molecule has 7 heteroatoms. The number of aliphatic carboxylic acids is 1. The maximum atomic E-state index is 12.6. The van der Waals surface area contributed by atoms with Gasteiger partial charge < -0.3 is 5.11 Å². The molecule has 1 heterocycles. The van der Waals surface area contributed by atoms with Crippen molar-refractivity contribution >= 4 is 29.2 Å². The molecule has 0 atom stereocenters. The van der Waals surface area contributed by atoms with Gasteiger partial charge in [-0.3, -0.25) is 4.79 Å². The van der Waals surface area contributed by atoms with Gasteiger partial charge in [0.15, 0.2) is 0 Å². The Balaban J connectivity index is 3.32. The highest BCUT2D eigenvalue weighted by atomic mass is 35.5. The highest BCUT2D eigenvalue weighted by Crippen LogP contribution is 2.27. The number of hydrogen-bond donors (Lipinski definition) is 1. The van der Waals surface area contributed by atoms with Crippen LogP contribution >= 0.6 is 23.2 Å². The minimum Gasteiger partial charge on any atom is -0.481 e. The summed E-state index contributed by atoms with van der Waals surface area (Å²) in [6, 6.07) is 1.29. The first-order valence-electron chi connectivity index (χ1n) is 4.19. The summed E-state index contributed by atoms with van der Waals surface area (Å²) in [6.45, 7) is 0. The maximum Gasteiger partial charge on any atom is 0.307 e. The van der Waals surface area contributed by atoms with E-state index in [1.54, 1.807) is 0 Å². The van der Waals surface area contributed by atoms with Crippen molar-refractivity contribution in [3.63, 3.8) is 0 Å². The predicted octanol–water partition coefficient (Wildman–Crippen LogP) is 3.04. The standard InChI is InChI=1S/C9H7Cl2F2NO2/c10-3-4-1-6(11)14-8(9(12)13)5(4)2-7(15)16/h1,9H,2-3H2,(H,15,16). The lowest BCUT2D eigenvalue weighted by molar-refractivity contribution is -0.136. The van der Waals surface area contributed by atoms with E-state index in [4.69, 9.17) is 28.3 Å². The molecule has 0 aliphatic carbocycles. The van der Waals surface area contributed by atoms with E-state index in [9.17, 15) is 13.6 Å². The fraction of sp³-hybridized carbons (Fsp3) is 0.333. The largest absolute Gasteiger partial charge is 0.481 e. The SMILES string of the molecule is O=C(O)Cc1c(CCl)cc(Cl)nc1C(F)F. The van der Waals surface area contributed by atoms with Gasteiger partial charge in [-0.25, -0.2) is 13.8 Å². The second-order valence-corrected chi connectivity index (χ2v) is 3.63. The minimum absolute atomic E-state index is 0.0677. The number of rotatable bonds is 4. The fourth-order valence-corrected chi connectivity index (χ4v) is 1.73. The molecule has 0 saturated heterocycles. The average Bonchev–Trinajstić information content (AvgIpc) is 2.19. The average molecular weight is 270 g/mol. The Hall–Kier alpha value is -0.940. The first-order valence-corrected chi connectivity index (χ1v) is 5.11. The zero-order valence-corrected chi connectivity index (χ0v) is 9.40. The lowest BCUT2D eigenvalue weighted by atomic mass is 10.0.